The van der Waals surface area contributed by atoms with Crippen molar-refractivity contribution in [3.05, 3.63) is 102 Å². The van der Waals surface area contributed by atoms with E-state index in [0.717, 1.165) is 22.0 Å². The molecular formula is C28H25N3O4S. The molecule has 7 nitrogen and oxygen atoms in total. The first kappa shape index (κ1) is 23.7. The fraction of sp³-hybridized carbons (Fsp3) is 0.214. The van der Waals surface area contributed by atoms with Crippen molar-refractivity contribution < 1.29 is 14.3 Å². The predicted molar refractivity (Wildman–Crippen MR) is 140 cm³/mol. The molecule has 0 saturated carbocycles. The van der Waals surface area contributed by atoms with Gasteiger partial charge in [0.1, 0.15) is 5.75 Å². The molecule has 0 radical (unpaired) electrons. The number of methoxy groups -OCH3 is 1. The van der Waals surface area contributed by atoms with E-state index in [1.165, 1.54) is 11.3 Å². The molecule has 1 aliphatic rings. The average molecular weight is 500 g/mol. The number of thiazole rings is 1. The molecule has 0 unspecified atom stereocenters. The summed E-state index contributed by atoms with van der Waals surface area (Å²) in [5.74, 6) is 0.197. The lowest BCUT2D eigenvalue weighted by atomic mass is 9.96. The van der Waals surface area contributed by atoms with Gasteiger partial charge in [-0.1, -0.05) is 41.2 Å². The first-order chi connectivity index (χ1) is 17.4. The van der Waals surface area contributed by atoms with Crippen LogP contribution in [0.3, 0.4) is 0 Å². The van der Waals surface area contributed by atoms with Gasteiger partial charge in [0, 0.05) is 5.39 Å². The van der Waals surface area contributed by atoms with Gasteiger partial charge in [0.15, 0.2) is 4.80 Å². The number of carbonyl (C=O) groups excluding carboxylic acids is 1. The van der Waals surface area contributed by atoms with E-state index < -0.39 is 12.0 Å². The third-order valence-electron chi connectivity index (χ3n) is 6.09. The number of benzene rings is 2. The summed E-state index contributed by atoms with van der Waals surface area (Å²) in [6, 6.07) is 16.6. The quantitative estimate of drug-likeness (QED) is 0.392. The van der Waals surface area contributed by atoms with Crippen LogP contribution < -0.4 is 19.6 Å². The Kier molecular flexibility index (Phi) is 6.28. The third kappa shape index (κ3) is 4.24. The number of pyridine rings is 1. The zero-order valence-corrected chi connectivity index (χ0v) is 21.3. The van der Waals surface area contributed by atoms with E-state index in [4.69, 9.17) is 14.5 Å². The maximum atomic E-state index is 13.7. The first-order valence-corrected chi connectivity index (χ1v) is 12.4. The van der Waals surface area contributed by atoms with E-state index in [2.05, 4.69) is 11.1 Å². The van der Waals surface area contributed by atoms with Gasteiger partial charge in [0.25, 0.3) is 5.56 Å². The summed E-state index contributed by atoms with van der Waals surface area (Å²) in [4.78, 5) is 36.6. The number of rotatable bonds is 5. The van der Waals surface area contributed by atoms with Crippen molar-refractivity contribution in [3.8, 4) is 5.75 Å². The molecule has 4 aromatic rings. The van der Waals surface area contributed by atoms with Crippen molar-refractivity contribution in [2.24, 2.45) is 4.99 Å². The van der Waals surface area contributed by atoms with Gasteiger partial charge in [-0.2, -0.15) is 0 Å². The van der Waals surface area contributed by atoms with Crippen LogP contribution in [0.1, 0.15) is 36.7 Å². The molecule has 0 N–H and O–H groups in total. The van der Waals surface area contributed by atoms with Crippen LogP contribution in [0, 0.1) is 6.92 Å². The molecular weight excluding hydrogens is 474 g/mol. The number of hydrogen-bond donors (Lipinski definition) is 0. The Labute approximate surface area is 211 Å². The van der Waals surface area contributed by atoms with Gasteiger partial charge < -0.3 is 9.47 Å². The molecule has 2 aromatic heterocycles. The van der Waals surface area contributed by atoms with Crippen molar-refractivity contribution in [2.45, 2.75) is 26.8 Å². The van der Waals surface area contributed by atoms with Crippen LogP contribution in [-0.2, 0) is 9.53 Å². The van der Waals surface area contributed by atoms with Gasteiger partial charge in [-0.3, -0.25) is 9.36 Å². The summed E-state index contributed by atoms with van der Waals surface area (Å²) in [6.45, 7) is 5.79. The number of aromatic nitrogens is 2. The molecule has 1 atom stereocenters. The molecule has 182 valence electrons. The number of esters is 1. The molecule has 0 spiro atoms. The number of allylic oxidation sites excluding steroid dienone is 1. The van der Waals surface area contributed by atoms with Crippen LogP contribution in [0.2, 0.25) is 0 Å². The topological polar surface area (TPSA) is 82.8 Å². The van der Waals surface area contributed by atoms with E-state index >= 15 is 0 Å². The van der Waals surface area contributed by atoms with Gasteiger partial charge in [0.05, 0.1) is 46.8 Å². The normalized spacial score (nSPS) is 15.6. The van der Waals surface area contributed by atoms with Crippen molar-refractivity contribution in [1.29, 1.82) is 0 Å². The van der Waals surface area contributed by atoms with Crippen LogP contribution in [-0.4, -0.2) is 29.2 Å². The van der Waals surface area contributed by atoms with Crippen molar-refractivity contribution in [1.82, 2.24) is 9.55 Å². The van der Waals surface area contributed by atoms with Crippen LogP contribution in [0.4, 0.5) is 0 Å². The highest BCUT2D eigenvalue weighted by atomic mass is 32.1. The fourth-order valence-corrected chi connectivity index (χ4v) is 5.40. The molecule has 0 amide bonds. The molecule has 0 saturated heterocycles. The average Bonchev–Trinajstić information content (AvgIpc) is 3.17. The summed E-state index contributed by atoms with van der Waals surface area (Å²) in [7, 11) is 1.59. The molecule has 2 aromatic carbocycles. The minimum absolute atomic E-state index is 0.225. The monoisotopic (exact) mass is 499 g/mol. The summed E-state index contributed by atoms with van der Waals surface area (Å²) in [5, 5.41) is 1.04. The van der Waals surface area contributed by atoms with Gasteiger partial charge in [-0.25, -0.2) is 14.8 Å². The van der Waals surface area contributed by atoms with Crippen molar-refractivity contribution in [3.63, 3.8) is 0 Å². The maximum absolute atomic E-state index is 13.7. The lowest BCUT2D eigenvalue weighted by molar-refractivity contribution is -0.139. The first-order valence-electron chi connectivity index (χ1n) is 11.6. The van der Waals surface area contributed by atoms with E-state index in [-0.39, 0.29) is 12.2 Å². The molecule has 0 aliphatic carbocycles. The second-order valence-corrected chi connectivity index (χ2v) is 9.52. The highest BCUT2D eigenvalue weighted by molar-refractivity contribution is 7.07. The Bertz CT molecular complexity index is 1700. The smallest absolute Gasteiger partial charge is 0.338 e. The SMILES string of the molecule is CCOC(=O)C1=C(C)N=c2s/c(=C/c3ccc4cc(C)ccc4n3)c(=O)n2[C@H]1c1ccc(OC)cc1. The van der Waals surface area contributed by atoms with Crippen LogP contribution >= 0.6 is 11.3 Å². The lowest BCUT2D eigenvalue weighted by Gasteiger charge is -2.24. The van der Waals surface area contributed by atoms with E-state index in [9.17, 15) is 9.59 Å². The van der Waals surface area contributed by atoms with Crippen LogP contribution in [0.25, 0.3) is 17.0 Å². The van der Waals surface area contributed by atoms with Gasteiger partial charge in [-0.15, -0.1) is 0 Å². The van der Waals surface area contributed by atoms with Crippen LogP contribution in [0.15, 0.2) is 75.7 Å². The minimum atomic E-state index is -0.666. The lowest BCUT2D eigenvalue weighted by Crippen LogP contribution is -2.39. The standard InChI is InChI=1S/C28H25N3O4S/c1-5-35-27(33)24-17(3)29-28-31(25(24)18-8-11-21(34-4)12-9-18)26(32)23(36-28)15-20-10-7-19-14-16(2)6-13-22(19)30-20/h6-15,25H,5H2,1-4H3/b23-15+/t25-/m0/s1. The number of nitrogens with zero attached hydrogens (tertiary/aromatic N) is 3. The molecule has 0 fully saturated rings. The summed E-state index contributed by atoms with van der Waals surface area (Å²) in [6.07, 6.45) is 1.78. The Balaban J connectivity index is 1.68. The molecule has 36 heavy (non-hydrogen) atoms. The molecule has 0 bridgehead atoms. The zero-order valence-electron chi connectivity index (χ0n) is 20.4. The zero-order chi connectivity index (χ0) is 25.4. The van der Waals surface area contributed by atoms with E-state index in [1.54, 1.807) is 31.6 Å². The van der Waals surface area contributed by atoms with Crippen molar-refractivity contribution in [2.75, 3.05) is 13.7 Å². The minimum Gasteiger partial charge on any atom is -0.497 e. The Morgan fingerprint density at radius 3 is 2.61 bits per heavy atom. The van der Waals surface area contributed by atoms with E-state index in [0.29, 0.717) is 32.0 Å². The maximum Gasteiger partial charge on any atom is 0.338 e. The second-order valence-electron chi connectivity index (χ2n) is 8.51. The molecule has 1 aliphatic heterocycles. The number of aryl methyl sites for hydroxylation is 1. The molecule has 5 rings (SSSR count). The fourth-order valence-electron chi connectivity index (χ4n) is 4.37. The number of ether oxygens (including phenoxy) is 2. The second kappa shape index (κ2) is 9.54. The third-order valence-corrected chi connectivity index (χ3v) is 7.08. The number of hydrogen-bond acceptors (Lipinski definition) is 7. The summed E-state index contributed by atoms with van der Waals surface area (Å²) >= 11 is 1.28. The Morgan fingerprint density at radius 1 is 1.11 bits per heavy atom. The number of carbonyl (C=O) groups is 1. The summed E-state index contributed by atoms with van der Waals surface area (Å²) < 4.78 is 12.7. The van der Waals surface area contributed by atoms with E-state index in [1.807, 2.05) is 55.5 Å². The number of fused-ring (bicyclic) bond motifs is 2. The van der Waals surface area contributed by atoms with Crippen LogP contribution in [0.5, 0.6) is 5.75 Å². The molecule has 8 heteroatoms. The van der Waals surface area contributed by atoms with Gasteiger partial charge >= 0.3 is 5.97 Å². The molecule has 3 heterocycles. The van der Waals surface area contributed by atoms with Gasteiger partial charge in [0.2, 0.25) is 0 Å². The predicted octanol–water partition coefficient (Wildman–Crippen LogP) is 3.66. The largest absolute Gasteiger partial charge is 0.497 e. The Hall–Kier alpha value is -4.04. The highest BCUT2D eigenvalue weighted by Crippen LogP contribution is 2.31. The van der Waals surface area contributed by atoms with Gasteiger partial charge in [-0.05, 0) is 62.7 Å². The van der Waals surface area contributed by atoms with Crippen molar-refractivity contribution >= 4 is 34.3 Å². The highest BCUT2D eigenvalue weighted by Gasteiger charge is 2.33. The Morgan fingerprint density at radius 2 is 1.89 bits per heavy atom. The summed E-state index contributed by atoms with van der Waals surface area (Å²) in [5.41, 5.74) is 4.11.